The third-order valence-corrected chi connectivity index (χ3v) is 5.85. The molecule has 2 aromatic rings. The molecule has 0 aliphatic carbocycles. The summed E-state index contributed by atoms with van der Waals surface area (Å²) < 4.78 is 18.0. The van der Waals surface area contributed by atoms with Crippen molar-refractivity contribution in [1.82, 2.24) is 5.32 Å². The Morgan fingerprint density at radius 3 is 2.36 bits per heavy atom. The summed E-state index contributed by atoms with van der Waals surface area (Å²) in [7, 11) is -1.19. The topological polar surface area (TPSA) is 55.4 Å². The zero-order valence-electron chi connectivity index (χ0n) is 14.9. The highest BCUT2D eigenvalue weighted by atomic mass is 32.2. The summed E-state index contributed by atoms with van der Waals surface area (Å²) in [4.78, 5) is 12.8. The van der Waals surface area contributed by atoms with Crippen LogP contribution in [0.15, 0.2) is 59.5 Å². The zero-order valence-corrected chi connectivity index (χ0v) is 15.7. The van der Waals surface area contributed by atoms with Crippen molar-refractivity contribution >= 4 is 16.9 Å². The van der Waals surface area contributed by atoms with Crippen LogP contribution < -0.4 is 5.32 Å². The number of hydrogen-bond donors (Lipinski definition) is 1. The molecule has 1 unspecified atom stereocenters. The molecule has 0 aromatic heterocycles. The molecular weight excluding hydrogens is 334 g/mol. The lowest BCUT2D eigenvalue weighted by Crippen LogP contribution is -2.43. The summed E-state index contributed by atoms with van der Waals surface area (Å²) in [5, 5.41) is 2.63. The smallest absolute Gasteiger partial charge is 0.407 e. The first-order valence-electron chi connectivity index (χ1n) is 8.45. The van der Waals surface area contributed by atoms with Gasteiger partial charge in [0, 0.05) is 10.9 Å². The van der Waals surface area contributed by atoms with E-state index in [-0.39, 0.29) is 17.9 Å². The van der Waals surface area contributed by atoms with Crippen molar-refractivity contribution in [3.05, 3.63) is 65.7 Å². The van der Waals surface area contributed by atoms with Crippen LogP contribution in [0.4, 0.5) is 4.79 Å². The number of benzene rings is 2. The van der Waals surface area contributed by atoms with Crippen molar-refractivity contribution in [1.29, 1.82) is 0 Å². The maximum Gasteiger partial charge on any atom is 0.407 e. The first-order valence-corrected chi connectivity index (χ1v) is 9.67. The number of carbonyl (C=O) groups excluding carboxylic acids is 1. The molecule has 2 rings (SSSR count). The van der Waals surface area contributed by atoms with Gasteiger partial charge in [0.15, 0.2) is 0 Å². The van der Waals surface area contributed by atoms with E-state index in [2.05, 4.69) is 5.32 Å². The van der Waals surface area contributed by atoms with Gasteiger partial charge >= 0.3 is 6.09 Å². The van der Waals surface area contributed by atoms with E-state index in [9.17, 15) is 9.00 Å². The van der Waals surface area contributed by atoms with Crippen molar-refractivity contribution in [2.75, 3.05) is 0 Å². The van der Waals surface area contributed by atoms with E-state index in [1.165, 1.54) is 0 Å². The van der Waals surface area contributed by atoms with Crippen molar-refractivity contribution in [3.8, 4) is 0 Å². The van der Waals surface area contributed by atoms with Crippen LogP contribution in [0.25, 0.3) is 0 Å². The second-order valence-corrected chi connectivity index (χ2v) is 7.85. The molecule has 3 atom stereocenters. The summed E-state index contributed by atoms with van der Waals surface area (Å²) in [6.07, 6.45) is 0.197. The van der Waals surface area contributed by atoms with Gasteiger partial charge in [-0.05, 0) is 38.0 Å². The molecule has 4 nitrogen and oxygen atoms in total. The van der Waals surface area contributed by atoms with Crippen molar-refractivity contribution in [2.45, 2.75) is 50.0 Å². The first-order chi connectivity index (χ1) is 12.0. The van der Waals surface area contributed by atoms with Crippen LogP contribution in [0.2, 0.25) is 0 Å². The monoisotopic (exact) mass is 359 g/mol. The Hall–Kier alpha value is -2.14. The van der Waals surface area contributed by atoms with Crippen LogP contribution in [0.1, 0.15) is 31.4 Å². The minimum Gasteiger partial charge on any atom is -0.445 e. The quantitative estimate of drug-likeness (QED) is 0.806. The van der Waals surface area contributed by atoms with Gasteiger partial charge in [-0.15, -0.1) is 0 Å². The predicted molar refractivity (Wildman–Crippen MR) is 101 cm³/mol. The predicted octanol–water partition coefficient (Wildman–Crippen LogP) is 4.20. The number of hydrogen-bond acceptors (Lipinski definition) is 3. The van der Waals surface area contributed by atoms with Crippen LogP contribution in [-0.4, -0.2) is 21.6 Å². The molecule has 0 spiro atoms. The summed E-state index contributed by atoms with van der Waals surface area (Å²) in [5.41, 5.74) is 2.06. The zero-order chi connectivity index (χ0) is 18.2. The summed E-state index contributed by atoms with van der Waals surface area (Å²) in [6.45, 7) is 6.07. The van der Waals surface area contributed by atoms with Crippen molar-refractivity contribution in [3.63, 3.8) is 0 Å². The summed E-state index contributed by atoms with van der Waals surface area (Å²) >= 11 is 0. The fraction of sp³-hybridized carbons (Fsp3) is 0.350. The van der Waals surface area contributed by atoms with Gasteiger partial charge in [0.2, 0.25) is 0 Å². The lowest BCUT2D eigenvalue weighted by Gasteiger charge is -2.23. The van der Waals surface area contributed by atoms with Gasteiger partial charge in [0.1, 0.15) is 6.61 Å². The summed E-state index contributed by atoms with van der Waals surface area (Å²) in [6, 6.07) is 17.0. The molecule has 0 saturated carbocycles. The second-order valence-electron chi connectivity index (χ2n) is 6.04. The number of carbonyl (C=O) groups is 1. The Labute approximate surface area is 152 Å². The molecule has 134 valence electrons. The fourth-order valence-corrected chi connectivity index (χ4v) is 3.90. The number of aryl methyl sites for hydroxylation is 1. The lowest BCUT2D eigenvalue weighted by atomic mass is 10.2. The van der Waals surface area contributed by atoms with E-state index in [0.717, 1.165) is 16.0 Å². The maximum atomic E-state index is 12.7. The van der Waals surface area contributed by atoms with Crippen molar-refractivity contribution < 1.29 is 13.7 Å². The Bertz CT molecular complexity index is 701. The Kier molecular flexibility index (Phi) is 7.19. The van der Waals surface area contributed by atoms with E-state index >= 15 is 0 Å². The molecule has 1 N–H and O–H groups in total. The van der Waals surface area contributed by atoms with Gasteiger partial charge in [-0.25, -0.2) is 4.79 Å². The molecule has 2 aromatic carbocycles. The van der Waals surface area contributed by atoms with Crippen LogP contribution in [-0.2, 0) is 22.1 Å². The Morgan fingerprint density at radius 1 is 1.12 bits per heavy atom. The van der Waals surface area contributed by atoms with Gasteiger partial charge in [0.25, 0.3) is 0 Å². The third-order valence-electron chi connectivity index (χ3n) is 4.11. The van der Waals surface area contributed by atoms with Crippen LogP contribution in [0, 0.1) is 6.92 Å². The molecule has 0 aliphatic rings. The molecule has 0 bridgehead atoms. The van der Waals surface area contributed by atoms with E-state index in [1.54, 1.807) is 0 Å². The van der Waals surface area contributed by atoms with Gasteiger partial charge in [-0.2, -0.15) is 0 Å². The minimum atomic E-state index is -1.19. The average molecular weight is 359 g/mol. The van der Waals surface area contributed by atoms with E-state index < -0.39 is 16.9 Å². The van der Waals surface area contributed by atoms with Gasteiger partial charge in [-0.3, -0.25) is 4.21 Å². The van der Waals surface area contributed by atoms with E-state index in [4.69, 9.17) is 4.74 Å². The van der Waals surface area contributed by atoms with Gasteiger partial charge in [0.05, 0.1) is 16.0 Å². The van der Waals surface area contributed by atoms with Crippen molar-refractivity contribution in [2.24, 2.45) is 0 Å². The maximum absolute atomic E-state index is 12.7. The number of ether oxygens (including phenoxy) is 1. The molecule has 25 heavy (non-hydrogen) atoms. The molecular formula is C20H25NO3S. The molecule has 1 amide bonds. The summed E-state index contributed by atoms with van der Waals surface area (Å²) in [5.74, 6) is 0. The average Bonchev–Trinajstić information content (AvgIpc) is 2.64. The minimum absolute atomic E-state index is 0.211. The standard InChI is InChI=1S/C20H25NO3S/c1-4-19(16(3)25(23)18-12-10-15(2)11-13-18)21-20(22)24-14-17-8-6-5-7-9-17/h5-13,16,19H,4,14H2,1-3H3,(H,21,22)/t16-,19+,25?/m1/s1. The van der Waals surface area contributed by atoms with Crippen LogP contribution in [0.5, 0.6) is 0 Å². The lowest BCUT2D eigenvalue weighted by molar-refractivity contribution is 0.135. The Morgan fingerprint density at radius 2 is 1.76 bits per heavy atom. The highest BCUT2D eigenvalue weighted by Gasteiger charge is 2.24. The fourth-order valence-electron chi connectivity index (χ4n) is 2.50. The normalized spacial score (nSPS) is 14.4. The highest BCUT2D eigenvalue weighted by Crippen LogP contribution is 2.16. The molecule has 0 aliphatic heterocycles. The van der Waals surface area contributed by atoms with E-state index in [0.29, 0.717) is 6.42 Å². The largest absolute Gasteiger partial charge is 0.445 e. The molecule has 5 heteroatoms. The molecule has 0 radical (unpaired) electrons. The molecule has 0 saturated heterocycles. The van der Waals surface area contributed by atoms with E-state index in [1.807, 2.05) is 75.4 Å². The first kappa shape index (κ1) is 19.2. The highest BCUT2D eigenvalue weighted by molar-refractivity contribution is 7.85. The number of amides is 1. The number of alkyl carbamates (subject to hydrolysis) is 1. The van der Waals surface area contributed by atoms with Gasteiger partial charge < -0.3 is 10.1 Å². The Balaban J connectivity index is 1.92. The molecule has 0 heterocycles. The van der Waals surface area contributed by atoms with Crippen LogP contribution in [0.3, 0.4) is 0 Å². The third kappa shape index (κ3) is 5.71. The number of rotatable bonds is 7. The molecule has 0 fully saturated rings. The SMILES string of the molecule is CC[C@H](NC(=O)OCc1ccccc1)[C@@H](C)S(=O)c1ccc(C)cc1. The van der Waals surface area contributed by atoms with Crippen LogP contribution >= 0.6 is 0 Å². The second kappa shape index (κ2) is 9.37. The number of nitrogens with one attached hydrogen (secondary N) is 1. The van der Waals surface area contributed by atoms with Gasteiger partial charge in [-0.1, -0.05) is 55.0 Å².